The molecule has 4 rings (SSSR count). The summed E-state index contributed by atoms with van der Waals surface area (Å²) in [5.74, 6) is 1.72. The van der Waals surface area contributed by atoms with Gasteiger partial charge in [-0.15, -0.1) is 0 Å². The molecule has 2 aromatic heterocycles. The third-order valence-electron chi connectivity index (χ3n) is 5.18. The van der Waals surface area contributed by atoms with E-state index in [4.69, 9.17) is 9.72 Å². The smallest absolute Gasteiger partial charge is 0.227 e. The molecule has 0 aromatic carbocycles. The molecule has 0 amide bonds. The van der Waals surface area contributed by atoms with E-state index in [1.165, 1.54) is 5.69 Å². The monoisotopic (exact) mass is 357 g/mol. The Balaban J connectivity index is 1.29. The van der Waals surface area contributed by atoms with Crippen molar-refractivity contribution in [2.75, 3.05) is 49.6 Å². The standard InChI is InChI=1S/C18H27N7O/c1-23-16(2-7-20-23)14-24-8-4-15(5-9-24)21-17-3-6-19-18(22-17)25-10-12-26-13-11-25/h2-3,6-7,15H,4-5,8-14H2,1H3,(H,19,21,22). The Kier molecular flexibility index (Phi) is 5.31. The van der Waals surface area contributed by atoms with E-state index in [-0.39, 0.29) is 0 Å². The van der Waals surface area contributed by atoms with Crippen molar-refractivity contribution >= 4 is 11.8 Å². The second-order valence-corrected chi connectivity index (χ2v) is 6.98. The molecular formula is C18H27N7O. The molecule has 4 heterocycles. The Morgan fingerprint density at radius 1 is 1.12 bits per heavy atom. The Morgan fingerprint density at radius 3 is 2.65 bits per heavy atom. The molecule has 0 saturated carbocycles. The predicted molar refractivity (Wildman–Crippen MR) is 100 cm³/mol. The number of morpholine rings is 1. The topological polar surface area (TPSA) is 71.3 Å². The molecule has 0 bridgehead atoms. The van der Waals surface area contributed by atoms with Crippen molar-refractivity contribution in [1.29, 1.82) is 0 Å². The van der Waals surface area contributed by atoms with Crippen LogP contribution in [0, 0.1) is 0 Å². The minimum Gasteiger partial charge on any atom is -0.378 e. The van der Waals surface area contributed by atoms with Gasteiger partial charge in [-0.3, -0.25) is 9.58 Å². The summed E-state index contributed by atoms with van der Waals surface area (Å²) in [6, 6.07) is 4.52. The summed E-state index contributed by atoms with van der Waals surface area (Å²) < 4.78 is 7.36. The van der Waals surface area contributed by atoms with Crippen LogP contribution in [0.25, 0.3) is 0 Å². The SMILES string of the molecule is Cn1nccc1CN1CCC(Nc2ccnc(N3CCOCC3)n2)CC1. The molecule has 2 aliphatic heterocycles. The first-order chi connectivity index (χ1) is 12.8. The molecule has 2 aromatic rings. The summed E-state index contributed by atoms with van der Waals surface area (Å²) in [4.78, 5) is 13.8. The van der Waals surface area contributed by atoms with Crippen LogP contribution in [0.1, 0.15) is 18.5 Å². The van der Waals surface area contributed by atoms with Crippen molar-refractivity contribution in [3.8, 4) is 0 Å². The summed E-state index contributed by atoms with van der Waals surface area (Å²) in [6.45, 7) is 6.35. The van der Waals surface area contributed by atoms with Gasteiger partial charge >= 0.3 is 0 Å². The summed E-state index contributed by atoms with van der Waals surface area (Å²) >= 11 is 0. The molecule has 2 aliphatic rings. The van der Waals surface area contributed by atoms with Gasteiger partial charge in [0, 0.05) is 58.2 Å². The molecule has 2 saturated heterocycles. The van der Waals surface area contributed by atoms with E-state index in [1.54, 1.807) is 0 Å². The van der Waals surface area contributed by atoms with Gasteiger partial charge in [0.1, 0.15) is 5.82 Å². The van der Waals surface area contributed by atoms with Crippen LogP contribution >= 0.6 is 0 Å². The highest BCUT2D eigenvalue weighted by Crippen LogP contribution is 2.18. The number of hydrogen-bond acceptors (Lipinski definition) is 7. The molecule has 140 valence electrons. The molecule has 0 spiro atoms. The fourth-order valence-electron chi connectivity index (χ4n) is 3.57. The van der Waals surface area contributed by atoms with E-state index < -0.39 is 0 Å². The van der Waals surface area contributed by atoms with Crippen molar-refractivity contribution in [3.05, 3.63) is 30.2 Å². The van der Waals surface area contributed by atoms with Crippen molar-refractivity contribution < 1.29 is 4.74 Å². The highest BCUT2D eigenvalue weighted by Gasteiger charge is 2.21. The van der Waals surface area contributed by atoms with Gasteiger partial charge in [0.15, 0.2) is 0 Å². The van der Waals surface area contributed by atoms with Gasteiger partial charge in [-0.25, -0.2) is 4.98 Å². The Bertz CT molecular complexity index is 705. The number of aryl methyl sites for hydroxylation is 1. The maximum atomic E-state index is 5.40. The Morgan fingerprint density at radius 2 is 1.92 bits per heavy atom. The summed E-state index contributed by atoms with van der Waals surface area (Å²) in [7, 11) is 2.00. The molecular weight excluding hydrogens is 330 g/mol. The summed E-state index contributed by atoms with van der Waals surface area (Å²) in [6.07, 6.45) is 5.95. The lowest BCUT2D eigenvalue weighted by atomic mass is 10.0. The van der Waals surface area contributed by atoms with Gasteiger partial charge in [-0.1, -0.05) is 0 Å². The van der Waals surface area contributed by atoms with Gasteiger partial charge in [0.2, 0.25) is 5.95 Å². The van der Waals surface area contributed by atoms with Crippen LogP contribution < -0.4 is 10.2 Å². The first-order valence-corrected chi connectivity index (χ1v) is 9.39. The van der Waals surface area contributed by atoms with E-state index in [9.17, 15) is 0 Å². The second-order valence-electron chi connectivity index (χ2n) is 6.98. The van der Waals surface area contributed by atoms with E-state index in [0.717, 1.165) is 70.5 Å². The second kappa shape index (κ2) is 8.01. The zero-order chi connectivity index (χ0) is 17.8. The van der Waals surface area contributed by atoms with Crippen LogP contribution in [0.15, 0.2) is 24.5 Å². The van der Waals surface area contributed by atoms with Crippen molar-refractivity contribution in [1.82, 2.24) is 24.6 Å². The first-order valence-electron chi connectivity index (χ1n) is 9.39. The average molecular weight is 357 g/mol. The van der Waals surface area contributed by atoms with Gasteiger partial charge < -0.3 is 15.0 Å². The molecule has 0 unspecified atom stereocenters. The molecule has 1 N–H and O–H groups in total. The summed E-state index contributed by atoms with van der Waals surface area (Å²) in [5.41, 5.74) is 1.27. The third kappa shape index (κ3) is 4.13. The number of likely N-dealkylation sites (tertiary alicyclic amines) is 1. The fraction of sp³-hybridized carbons (Fsp3) is 0.611. The minimum absolute atomic E-state index is 0.463. The van der Waals surface area contributed by atoms with Crippen LogP contribution in [0.5, 0.6) is 0 Å². The van der Waals surface area contributed by atoms with Gasteiger partial charge in [0.05, 0.1) is 18.9 Å². The van der Waals surface area contributed by atoms with Crippen molar-refractivity contribution in [2.45, 2.75) is 25.4 Å². The predicted octanol–water partition coefficient (Wildman–Crippen LogP) is 1.12. The highest BCUT2D eigenvalue weighted by molar-refractivity contribution is 5.42. The third-order valence-corrected chi connectivity index (χ3v) is 5.18. The maximum absolute atomic E-state index is 5.40. The number of ether oxygens (including phenoxy) is 1. The Labute approximate surface area is 154 Å². The minimum atomic E-state index is 0.463. The maximum Gasteiger partial charge on any atom is 0.227 e. The number of nitrogens with one attached hydrogen (secondary N) is 1. The lowest BCUT2D eigenvalue weighted by molar-refractivity contribution is 0.122. The molecule has 8 heteroatoms. The molecule has 26 heavy (non-hydrogen) atoms. The average Bonchev–Trinajstić information content (AvgIpc) is 3.09. The van der Waals surface area contributed by atoms with Gasteiger partial charge in [-0.2, -0.15) is 10.1 Å². The molecule has 8 nitrogen and oxygen atoms in total. The number of nitrogens with zero attached hydrogens (tertiary/aromatic N) is 6. The number of aromatic nitrogens is 4. The largest absolute Gasteiger partial charge is 0.378 e. The normalized spacial score (nSPS) is 19.7. The van der Waals surface area contributed by atoms with E-state index >= 15 is 0 Å². The van der Waals surface area contributed by atoms with E-state index in [2.05, 4.69) is 31.3 Å². The van der Waals surface area contributed by atoms with Crippen LogP contribution in [0.4, 0.5) is 11.8 Å². The van der Waals surface area contributed by atoms with Crippen LogP contribution in [-0.2, 0) is 18.3 Å². The zero-order valence-electron chi connectivity index (χ0n) is 15.3. The molecule has 2 fully saturated rings. The number of hydrogen-bond donors (Lipinski definition) is 1. The number of anilines is 2. The number of piperidine rings is 1. The van der Waals surface area contributed by atoms with Gasteiger partial charge in [-0.05, 0) is 25.0 Å². The number of rotatable bonds is 5. The van der Waals surface area contributed by atoms with E-state index in [0.29, 0.717) is 6.04 Å². The van der Waals surface area contributed by atoms with Crippen molar-refractivity contribution in [3.63, 3.8) is 0 Å². The lowest BCUT2D eigenvalue weighted by Gasteiger charge is -2.32. The van der Waals surface area contributed by atoms with Crippen LogP contribution in [-0.4, -0.2) is 70.1 Å². The Hall–Kier alpha value is -2.19. The molecule has 0 atom stereocenters. The highest BCUT2D eigenvalue weighted by atomic mass is 16.5. The summed E-state index contributed by atoms with van der Waals surface area (Å²) in [5, 5.41) is 7.85. The molecule has 0 aliphatic carbocycles. The molecule has 0 radical (unpaired) electrons. The van der Waals surface area contributed by atoms with E-state index in [1.807, 2.05) is 30.2 Å². The fourth-order valence-corrected chi connectivity index (χ4v) is 3.57. The van der Waals surface area contributed by atoms with Gasteiger partial charge in [0.25, 0.3) is 0 Å². The quantitative estimate of drug-likeness (QED) is 0.860. The van der Waals surface area contributed by atoms with Crippen LogP contribution in [0.3, 0.4) is 0 Å². The van der Waals surface area contributed by atoms with Crippen molar-refractivity contribution in [2.24, 2.45) is 7.05 Å². The first kappa shape index (κ1) is 17.2. The lowest BCUT2D eigenvalue weighted by Crippen LogP contribution is -2.39. The zero-order valence-corrected chi connectivity index (χ0v) is 15.3. The van der Waals surface area contributed by atoms with Crippen LogP contribution in [0.2, 0.25) is 0 Å².